The highest BCUT2D eigenvalue weighted by Crippen LogP contribution is 2.23. The first-order valence-electron chi connectivity index (χ1n) is 5.66. The Labute approximate surface area is 100 Å². The summed E-state index contributed by atoms with van der Waals surface area (Å²) >= 11 is 1.09. The van der Waals surface area contributed by atoms with Gasteiger partial charge in [-0.3, -0.25) is 4.79 Å². The van der Waals surface area contributed by atoms with Gasteiger partial charge in [0, 0.05) is 11.8 Å². The molecule has 1 saturated carbocycles. The third-order valence-electron chi connectivity index (χ3n) is 2.91. The van der Waals surface area contributed by atoms with Crippen LogP contribution in [0.15, 0.2) is 0 Å². The molecule has 5 heteroatoms. The average molecular weight is 244 g/mol. The van der Waals surface area contributed by atoms with E-state index in [1.54, 1.807) is 0 Å². The maximum Gasteiger partial charge on any atom is 0.230 e. The molecule has 1 fully saturated rings. The average Bonchev–Trinajstić information content (AvgIpc) is 2.21. The summed E-state index contributed by atoms with van der Waals surface area (Å²) in [6, 6.07) is 0.268. The monoisotopic (exact) mass is 244 g/mol. The Kier molecular flexibility index (Phi) is 5.66. The van der Waals surface area contributed by atoms with Crippen LogP contribution in [0.1, 0.15) is 32.6 Å². The normalized spacial score (nSPS) is 25.1. The van der Waals surface area contributed by atoms with Gasteiger partial charge in [-0.15, -0.1) is 11.8 Å². The largest absolute Gasteiger partial charge is 0.549 e. The molecule has 0 spiro atoms. The second-order valence-corrected chi connectivity index (χ2v) is 5.29. The summed E-state index contributed by atoms with van der Waals surface area (Å²) in [5, 5.41) is 13.1. The first-order valence-corrected chi connectivity index (χ1v) is 6.82. The molecule has 4 nitrogen and oxygen atoms in total. The molecule has 0 aromatic carbocycles. The van der Waals surface area contributed by atoms with Crippen molar-refractivity contribution in [1.82, 2.24) is 5.32 Å². The van der Waals surface area contributed by atoms with E-state index in [-0.39, 0.29) is 23.5 Å². The van der Waals surface area contributed by atoms with Crippen molar-refractivity contribution in [2.75, 3.05) is 11.5 Å². The zero-order valence-corrected chi connectivity index (χ0v) is 10.3. The number of thioether (sulfide) groups is 1. The van der Waals surface area contributed by atoms with Crippen molar-refractivity contribution in [2.24, 2.45) is 5.92 Å². The molecule has 1 aliphatic carbocycles. The topological polar surface area (TPSA) is 69.2 Å². The first kappa shape index (κ1) is 13.4. The third kappa shape index (κ3) is 4.88. The van der Waals surface area contributed by atoms with Crippen molar-refractivity contribution < 1.29 is 14.7 Å². The third-order valence-corrected chi connectivity index (χ3v) is 3.82. The van der Waals surface area contributed by atoms with E-state index in [4.69, 9.17) is 0 Å². The molecule has 0 saturated heterocycles. The van der Waals surface area contributed by atoms with Crippen LogP contribution in [-0.2, 0) is 9.59 Å². The molecular weight excluding hydrogens is 226 g/mol. The van der Waals surface area contributed by atoms with E-state index in [0.717, 1.165) is 24.6 Å². The zero-order chi connectivity index (χ0) is 12.0. The zero-order valence-electron chi connectivity index (χ0n) is 9.53. The lowest BCUT2D eigenvalue weighted by Crippen LogP contribution is -2.42. The summed E-state index contributed by atoms with van der Waals surface area (Å²) in [6.45, 7) is 2.15. The Balaban J connectivity index is 2.19. The number of carbonyl (C=O) groups is 2. The molecule has 16 heavy (non-hydrogen) atoms. The van der Waals surface area contributed by atoms with Gasteiger partial charge >= 0.3 is 0 Å². The van der Waals surface area contributed by atoms with Crippen LogP contribution in [0.2, 0.25) is 0 Å². The standard InChI is InChI=1S/C11H19NO3S/c1-8-4-2-3-5-9(8)12-10(13)6-16-7-11(14)15/h8-9H,2-7H2,1H3,(H,12,13)(H,14,15)/p-1/t8-,9-/m1/s1. The number of hydrogen-bond donors (Lipinski definition) is 1. The van der Waals surface area contributed by atoms with E-state index in [0.29, 0.717) is 5.92 Å². The minimum absolute atomic E-state index is 0.0648. The summed E-state index contributed by atoms with van der Waals surface area (Å²) in [7, 11) is 0. The molecule has 0 aliphatic heterocycles. The predicted molar refractivity (Wildman–Crippen MR) is 61.9 cm³/mol. The number of carboxylic acids is 1. The lowest BCUT2D eigenvalue weighted by Gasteiger charge is -2.29. The minimum atomic E-state index is -1.12. The van der Waals surface area contributed by atoms with E-state index >= 15 is 0 Å². The van der Waals surface area contributed by atoms with Gasteiger partial charge in [0.1, 0.15) is 0 Å². The fraction of sp³-hybridized carbons (Fsp3) is 0.818. The molecule has 0 aromatic heterocycles. The number of rotatable bonds is 5. The predicted octanol–water partition coefficient (Wildman–Crippen LogP) is 0.164. The van der Waals surface area contributed by atoms with Gasteiger partial charge in [0.15, 0.2) is 0 Å². The van der Waals surface area contributed by atoms with Crippen LogP contribution in [-0.4, -0.2) is 29.4 Å². The van der Waals surface area contributed by atoms with E-state index in [1.807, 2.05) is 0 Å². The fourth-order valence-electron chi connectivity index (χ4n) is 2.01. The number of carbonyl (C=O) groups excluding carboxylic acids is 2. The van der Waals surface area contributed by atoms with Gasteiger partial charge < -0.3 is 15.2 Å². The molecule has 92 valence electrons. The van der Waals surface area contributed by atoms with Crippen LogP contribution in [0.3, 0.4) is 0 Å². The van der Waals surface area contributed by atoms with Crippen molar-refractivity contribution in [2.45, 2.75) is 38.6 Å². The van der Waals surface area contributed by atoms with Gasteiger partial charge in [-0.25, -0.2) is 0 Å². The molecule has 0 bridgehead atoms. The van der Waals surface area contributed by atoms with E-state index in [1.165, 1.54) is 12.8 Å². The summed E-state index contributed by atoms with van der Waals surface area (Å²) < 4.78 is 0. The lowest BCUT2D eigenvalue weighted by atomic mass is 9.86. The Morgan fingerprint density at radius 3 is 2.62 bits per heavy atom. The van der Waals surface area contributed by atoms with Crippen LogP contribution >= 0.6 is 11.8 Å². The van der Waals surface area contributed by atoms with Crippen molar-refractivity contribution in [3.05, 3.63) is 0 Å². The Hall–Kier alpha value is -0.710. The molecular formula is C11H18NO3S-. The highest BCUT2D eigenvalue weighted by Gasteiger charge is 2.22. The highest BCUT2D eigenvalue weighted by molar-refractivity contribution is 8.00. The molecule has 1 aliphatic rings. The number of aliphatic carboxylic acids is 1. The van der Waals surface area contributed by atoms with E-state index in [9.17, 15) is 14.7 Å². The highest BCUT2D eigenvalue weighted by atomic mass is 32.2. The molecule has 1 rings (SSSR count). The smallest absolute Gasteiger partial charge is 0.230 e. The molecule has 1 amide bonds. The summed E-state index contributed by atoms with van der Waals surface area (Å²) in [6.07, 6.45) is 4.61. The van der Waals surface area contributed by atoms with Crippen LogP contribution in [0.4, 0.5) is 0 Å². The Morgan fingerprint density at radius 1 is 1.31 bits per heavy atom. The quantitative estimate of drug-likeness (QED) is 0.748. The molecule has 0 aromatic rings. The SMILES string of the molecule is C[C@@H]1CCCC[C@H]1NC(=O)CSCC(=O)[O-]. The van der Waals surface area contributed by atoms with Crippen molar-refractivity contribution in [3.8, 4) is 0 Å². The van der Waals surface area contributed by atoms with E-state index in [2.05, 4.69) is 12.2 Å². The van der Waals surface area contributed by atoms with E-state index < -0.39 is 5.97 Å². The fourth-order valence-corrected chi connectivity index (χ4v) is 2.54. The Morgan fingerprint density at radius 2 is 2.00 bits per heavy atom. The molecule has 0 unspecified atom stereocenters. The second kappa shape index (κ2) is 6.78. The van der Waals surface area contributed by atoms with Crippen molar-refractivity contribution in [3.63, 3.8) is 0 Å². The van der Waals surface area contributed by atoms with Gasteiger partial charge in [0.05, 0.1) is 11.7 Å². The minimum Gasteiger partial charge on any atom is -0.549 e. The van der Waals surface area contributed by atoms with Gasteiger partial charge in [0.2, 0.25) is 5.91 Å². The Bertz CT molecular complexity index is 258. The van der Waals surface area contributed by atoms with Gasteiger partial charge in [-0.1, -0.05) is 19.8 Å². The molecule has 0 heterocycles. The van der Waals surface area contributed by atoms with Gasteiger partial charge in [-0.05, 0) is 18.8 Å². The number of carboxylic acid groups (broad SMARTS) is 1. The van der Waals surface area contributed by atoms with Crippen LogP contribution < -0.4 is 10.4 Å². The summed E-state index contributed by atoms with van der Waals surface area (Å²) in [5.74, 6) is -0.567. The molecule has 1 N–H and O–H groups in total. The number of hydrogen-bond acceptors (Lipinski definition) is 4. The first-order chi connectivity index (χ1) is 7.59. The lowest BCUT2D eigenvalue weighted by molar-refractivity contribution is -0.301. The summed E-state index contributed by atoms with van der Waals surface area (Å²) in [5.41, 5.74) is 0. The maximum absolute atomic E-state index is 11.5. The number of amides is 1. The maximum atomic E-state index is 11.5. The number of nitrogens with one attached hydrogen (secondary N) is 1. The molecule has 2 atom stereocenters. The van der Waals surface area contributed by atoms with Gasteiger partial charge in [-0.2, -0.15) is 0 Å². The second-order valence-electron chi connectivity index (χ2n) is 4.30. The van der Waals surface area contributed by atoms with Crippen LogP contribution in [0, 0.1) is 5.92 Å². The van der Waals surface area contributed by atoms with Crippen LogP contribution in [0.25, 0.3) is 0 Å². The summed E-state index contributed by atoms with van der Waals surface area (Å²) in [4.78, 5) is 21.7. The van der Waals surface area contributed by atoms with Crippen molar-refractivity contribution >= 4 is 23.6 Å². The van der Waals surface area contributed by atoms with Crippen LogP contribution in [0.5, 0.6) is 0 Å². The van der Waals surface area contributed by atoms with Gasteiger partial charge in [0.25, 0.3) is 0 Å². The molecule has 0 radical (unpaired) electrons. The van der Waals surface area contributed by atoms with Crippen molar-refractivity contribution in [1.29, 1.82) is 0 Å².